The first kappa shape index (κ1) is 22.2. The molecule has 0 saturated carbocycles. The zero-order valence-corrected chi connectivity index (χ0v) is 19.2. The molecular formula is C26H30N2O4. The fourth-order valence-corrected chi connectivity index (χ4v) is 5.42. The maximum absolute atomic E-state index is 13.9. The molecule has 2 saturated heterocycles. The molecule has 2 heterocycles. The molecule has 2 aromatic carbocycles. The number of aliphatic carboxylic acids is 1. The van der Waals surface area contributed by atoms with Crippen molar-refractivity contribution in [2.45, 2.75) is 59.0 Å². The van der Waals surface area contributed by atoms with Gasteiger partial charge >= 0.3 is 5.97 Å². The third kappa shape index (κ3) is 3.08. The predicted octanol–water partition coefficient (Wildman–Crippen LogP) is 3.72. The molecule has 0 aromatic heterocycles. The molecule has 2 aliphatic rings. The van der Waals surface area contributed by atoms with Crippen LogP contribution in [-0.4, -0.2) is 28.4 Å². The average molecular weight is 435 g/mol. The Hall–Kier alpha value is -2.99. The molecule has 6 nitrogen and oxygen atoms in total. The molecule has 0 bridgehead atoms. The van der Waals surface area contributed by atoms with Gasteiger partial charge in [-0.15, -0.1) is 0 Å². The van der Waals surface area contributed by atoms with E-state index < -0.39 is 35.3 Å². The Labute approximate surface area is 188 Å². The van der Waals surface area contributed by atoms with E-state index >= 15 is 0 Å². The van der Waals surface area contributed by atoms with Gasteiger partial charge < -0.3 is 5.11 Å². The number of fused-ring (bicyclic) bond motifs is 1. The fraction of sp³-hybridized carbons (Fsp3) is 0.423. The molecule has 2 N–H and O–H groups in total. The molecule has 168 valence electrons. The normalized spacial score (nSPS) is 27.2. The van der Waals surface area contributed by atoms with Crippen molar-refractivity contribution in [1.29, 1.82) is 0 Å². The van der Waals surface area contributed by atoms with Crippen LogP contribution in [0.4, 0.5) is 5.69 Å². The molecule has 4 unspecified atom stereocenters. The Kier molecular flexibility index (Phi) is 5.45. The fourth-order valence-electron chi connectivity index (χ4n) is 5.42. The molecule has 0 aliphatic carbocycles. The number of carboxylic acids is 1. The van der Waals surface area contributed by atoms with E-state index in [1.165, 1.54) is 11.8 Å². The van der Waals surface area contributed by atoms with Crippen LogP contribution in [0.1, 0.15) is 54.6 Å². The summed E-state index contributed by atoms with van der Waals surface area (Å²) < 4.78 is 0. The number of carboxylic acid groups (broad SMARTS) is 1. The van der Waals surface area contributed by atoms with Gasteiger partial charge in [-0.2, -0.15) is 0 Å². The highest BCUT2D eigenvalue weighted by atomic mass is 16.4. The largest absolute Gasteiger partial charge is 0.480 e. The van der Waals surface area contributed by atoms with Gasteiger partial charge in [0.05, 0.1) is 17.5 Å². The molecule has 2 aromatic rings. The smallest absolute Gasteiger partial charge is 0.324 e. The summed E-state index contributed by atoms with van der Waals surface area (Å²) in [7, 11) is 0. The number of hydrogen-bond donors (Lipinski definition) is 2. The number of hydrogen-bond acceptors (Lipinski definition) is 4. The average Bonchev–Trinajstić information content (AvgIpc) is 3.22. The Morgan fingerprint density at radius 1 is 1.06 bits per heavy atom. The number of anilines is 1. The maximum Gasteiger partial charge on any atom is 0.324 e. The van der Waals surface area contributed by atoms with Crippen molar-refractivity contribution in [3.63, 3.8) is 0 Å². The van der Waals surface area contributed by atoms with Crippen molar-refractivity contribution in [3.05, 3.63) is 64.2 Å². The Balaban J connectivity index is 1.91. The Morgan fingerprint density at radius 3 is 2.25 bits per heavy atom. The molecule has 0 radical (unpaired) electrons. The maximum atomic E-state index is 13.9. The number of para-hydroxylation sites is 1. The molecular weight excluding hydrogens is 404 g/mol. The van der Waals surface area contributed by atoms with E-state index in [0.29, 0.717) is 18.5 Å². The topological polar surface area (TPSA) is 86.7 Å². The summed E-state index contributed by atoms with van der Waals surface area (Å²) in [5.74, 6) is -3.63. The SMILES string of the molecule is CCc1cccc(CC)c1N1C(=O)C2C(c3cc(C)ccc3C)NC(C)(C(=O)O)C2C1=O. The number of benzene rings is 2. The van der Waals surface area contributed by atoms with Crippen LogP contribution < -0.4 is 10.2 Å². The van der Waals surface area contributed by atoms with E-state index in [-0.39, 0.29) is 5.91 Å². The van der Waals surface area contributed by atoms with Crippen molar-refractivity contribution in [2.75, 3.05) is 4.90 Å². The van der Waals surface area contributed by atoms with Crippen LogP contribution in [0.25, 0.3) is 0 Å². The third-order valence-electron chi connectivity index (χ3n) is 7.19. The summed E-state index contributed by atoms with van der Waals surface area (Å²) in [6.07, 6.45) is 1.34. The number of aryl methyl sites for hydroxylation is 4. The van der Waals surface area contributed by atoms with Crippen molar-refractivity contribution in [2.24, 2.45) is 11.8 Å². The second-order valence-corrected chi connectivity index (χ2v) is 9.14. The minimum absolute atomic E-state index is 0.320. The van der Waals surface area contributed by atoms with Crippen LogP contribution >= 0.6 is 0 Å². The first-order chi connectivity index (χ1) is 15.2. The highest BCUT2D eigenvalue weighted by Gasteiger charge is 2.67. The van der Waals surface area contributed by atoms with E-state index in [4.69, 9.17) is 0 Å². The van der Waals surface area contributed by atoms with Crippen LogP contribution in [0.15, 0.2) is 36.4 Å². The number of carbonyl (C=O) groups excluding carboxylic acids is 2. The lowest BCUT2D eigenvalue weighted by Gasteiger charge is -2.29. The van der Waals surface area contributed by atoms with Crippen LogP contribution in [0.5, 0.6) is 0 Å². The van der Waals surface area contributed by atoms with Gasteiger partial charge in [-0.25, -0.2) is 4.90 Å². The second-order valence-electron chi connectivity index (χ2n) is 9.14. The van der Waals surface area contributed by atoms with E-state index in [1.54, 1.807) is 0 Å². The third-order valence-corrected chi connectivity index (χ3v) is 7.19. The number of nitrogens with one attached hydrogen (secondary N) is 1. The Bertz CT molecular complexity index is 1100. The highest BCUT2D eigenvalue weighted by molar-refractivity contribution is 6.24. The van der Waals surface area contributed by atoms with Crippen molar-refractivity contribution in [3.8, 4) is 0 Å². The Morgan fingerprint density at radius 2 is 1.69 bits per heavy atom. The molecule has 2 fully saturated rings. The summed E-state index contributed by atoms with van der Waals surface area (Å²) >= 11 is 0. The van der Waals surface area contributed by atoms with Crippen LogP contribution in [0.2, 0.25) is 0 Å². The monoisotopic (exact) mass is 434 g/mol. The number of nitrogens with zero attached hydrogens (tertiary/aromatic N) is 1. The first-order valence-electron chi connectivity index (χ1n) is 11.2. The highest BCUT2D eigenvalue weighted by Crippen LogP contribution is 2.51. The molecule has 2 amide bonds. The minimum Gasteiger partial charge on any atom is -0.480 e. The zero-order chi connectivity index (χ0) is 23.4. The molecule has 4 rings (SSSR count). The summed E-state index contributed by atoms with van der Waals surface area (Å²) in [6, 6.07) is 11.2. The lowest BCUT2D eigenvalue weighted by Crippen LogP contribution is -2.53. The molecule has 4 atom stereocenters. The zero-order valence-electron chi connectivity index (χ0n) is 19.2. The van der Waals surface area contributed by atoms with Crippen LogP contribution in [0, 0.1) is 25.7 Å². The molecule has 6 heteroatoms. The van der Waals surface area contributed by atoms with Gasteiger partial charge in [0.1, 0.15) is 5.54 Å². The number of imide groups is 1. The summed E-state index contributed by atoms with van der Waals surface area (Å²) in [5, 5.41) is 13.3. The summed E-state index contributed by atoms with van der Waals surface area (Å²) in [4.78, 5) is 41.4. The van der Waals surface area contributed by atoms with Gasteiger partial charge in [0.25, 0.3) is 0 Å². The predicted molar refractivity (Wildman–Crippen MR) is 123 cm³/mol. The van der Waals surface area contributed by atoms with E-state index in [0.717, 1.165) is 27.8 Å². The lowest BCUT2D eigenvalue weighted by atomic mass is 9.80. The van der Waals surface area contributed by atoms with E-state index in [1.807, 2.05) is 64.1 Å². The van der Waals surface area contributed by atoms with Gasteiger partial charge in [0.15, 0.2) is 0 Å². The number of amides is 2. The minimum atomic E-state index is -1.54. The molecule has 32 heavy (non-hydrogen) atoms. The number of rotatable bonds is 5. The van der Waals surface area contributed by atoms with Gasteiger partial charge in [-0.3, -0.25) is 19.7 Å². The summed E-state index contributed by atoms with van der Waals surface area (Å²) in [5.41, 5.74) is 3.77. The van der Waals surface area contributed by atoms with Crippen molar-refractivity contribution >= 4 is 23.5 Å². The van der Waals surface area contributed by atoms with Crippen LogP contribution in [0.3, 0.4) is 0 Å². The van der Waals surface area contributed by atoms with E-state index in [9.17, 15) is 19.5 Å². The van der Waals surface area contributed by atoms with Gasteiger partial charge in [-0.05, 0) is 55.9 Å². The first-order valence-corrected chi connectivity index (χ1v) is 11.2. The van der Waals surface area contributed by atoms with Gasteiger partial charge in [-0.1, -0.05) is 55.8 Å². The quantitative estimate of drug-likeness (QED) is 0.701. The van der Waals surface area contributed by atoms with E-state index in [2.05, 4.69) is 5.32 Å². The standard InChI is InChI=1S/C26H30N2O4/c1-6-16-9-8-10-17(7-2)22(16)28-23(29)19-20(24(28)30)26(5,25(31)32)27-21(19)18-13-14(3)11-12-15(18)4/h8-13,19-21,27H,6-7H2,1-5H3,(H,31,32). The molecule has 2 aliphatic heterocycles. The van der Waals surface area contributed by atoms with Crippen molar-refractivity contribution in [1.82, 2.24) is 5.32 Å². The van der Waals surface area contributed by atoms with Crippen LogP contribution in [-0.2, 0) is 27.2 Å². The van der Waals surface area contributed by atoms with Gasteiger partial charge in [0.2, 0.25) is 11.8 Å². The number of carbonyl (C=O) groups is 3. The van der Waals surface area contributed by atoms with Crippen molar-refractivity contribution < 1.29 is 19.5 Å². The second kappa shape index (κ2) is 7.85. The molecule has 0 spiro atoms. The van der Waals surface area contributed by atoms with Gasteiger partial charge in [0, 0.05) is 6.04 Å². The summed E-state index contributed by atoms with van der Waals surface area (Å²) in [6.45, 7) is 9.42. The lowest BCUT2D eigenvalue weighted by molar-refractivity contribution is -0.147.